The number of hydrogen-bond acceptors (Lipinski definition) is 8. The molecule has 12 heteroatoms. The molecule has 9 nitrogen and oxygen atoms in total. The molecule has 0 atom stereocenters. The van der Waals surface area contributed by atoms with Gasteiger partial charge in [0.15, 0.2) is 0 Å². The molecule has 2 aromatic rings. The first-order chi connectivity index (χ1) is 15.2. The van der Waals surface area contributed by atoms with Gasteiger partial charge in [-0.05, 0) is 37.5 Å². The van der Waals surface area contributed by atoms with E-state index in [0.29, 0.717) is 38.1 Å². The van der Waals surface area contributed by atoms with E-state index in [1.807, 2.05) is 0 Å². The molecular formula is C20H22F3N5O4. The number of halogens is 3. The number of benzene rings is 1. The molecule has 0 amide bonds. The highest BCUT2D eigenvalue weighted by atomic mass is 19.4. The molecule has 0 saturated carbocycles. The van der Waals surface area contributed by atoms with Crippen LogP contribution in [0.4, 0.5) is 30.5 Å². The van der Waals surface area contributed by atoms with Crippen molar-refractivity contribution in [2.45, 2.75) is 32.5 Å². The minimum Gasteiger partial charge on any atom is -0.466 e. The van der Waals surface area contributed by atoms with E-state index in [0.717, 1.165) is 12.1 Å². The number of carbonyl (C=O) groups excluding carboxylic acids is 1. The fraction of sp³-hybridized carbons (Fsp3) is 0.450. The van der Waals surface area contributed by atoms with Crippen LogP contribution in [0.2, 0.25) is 0 Å². The summed E-state index contributed by atoms with van der Waals surface area (Å²) < 4.78 is 43.1. The third kappa shape index (κ3) is 5.42. The average molecular weight is 453 g/mol. The van der Waals surface area contributed by atoms with Gasteiger partial charge in [-0.1, -0.05) is 12.1 Å². The Bertz CT molecular complexity index is 961. The number of nitro groups is 1. The summed E-state index contributed by atoms with van der Waals surface area (Å²) in [5, 5.41) is 14.6. The lowest BCUT2D eigenvalue weighted by molar-refractivity contribution is -0.383. The van der Waals surface area contributed by atoms with Gasteiger partial charge in [-0.2, -0.15) is 13.2 Å². The molecule has 1 aromatic heterocycles. The van der Waals surface area contributed by atoms with Crippen molar-refractivity contribution in [1.29, 1.82) is 0 Å². The van der Waals surface area contributed by atoms with Gasteiger partial charge in [-0.15, -0.1) is 0 Å². The van der Waals surface area contributed by atoms with E-state index in [-0.39, 0.29) is 35.8 Å². The maximum atomic E-state index is 12.7. The second kappa shape index (κ2) is 9.79. The molecule has 0 spiro atoms. The summed E-state index contributed by atoms with van der Waals surface area (Å²) >= 11 is 0. The van der Waals surface area contributed by atoms with E-state index in [2.05, 4.69) is 15.3 Å². The molecule has 1 aliphatic heterocycles. The van der Waals surface area contributed by atoms with Crippen molar-refractivity contribution in [1.82, 2.24) is 9.97 Å². The number of esters is 1. The van der Waals surface area contributed by atoms with Crippen LogP contribution in [-0.2, 0) is 22.3 Å². The molecule has 2 heterocycles. The molecule has 1 saturated heterocycles. The number of hydrogen-bond donors (Lipinski definition) is 1. The summed E-state index contributed by atoms with van der Waals surface area (Å²) in [6, 6.07) is 4.49. The molecular weight excluding hydrogens is 431 g/mol. The summed E-state index contributed by atoms with van der Waals surface area (Å²) in [4.78, 5) is 32.8. The van der Waals surface area contributed by atoms with Gasteiger partial charge in [-0.25, -0.2) is 9.97 Å². The summed E-state index contributed by atoms with van der Waals surface area (Å²) in [5.41, 5.74) is -0.598. The van der Waals surface area contributed by atoms with Gasteiger partial charge in [0.1, 0.15) is 6.33 Å². The van der Waals surface area contributed by atoms with Crippen molar-refractivity contribution < 1.29 is 27.6 Å². The third-order valence-corrected chi connectivity index (χ3v) is 5.14. The number of piperidine rings is 1. The quantitative estimate of drug-likeness (QED) is 0.383. The number of carbonyl (C=O) groups is 1. The molecule has 0 radical (unpaired) electrons. The second-order valence-electron chi connectivity index (χ2n) is 7.21. The van der Waals surface area contributed by atoms with E-state index in [1.54, 1.807) is 11.8 Å². The maximum absolute atomic E-state index is 12.7. The van der Waals surface area contributed by atoms with E-state index < -0.39 is 16.7 Å². The highest BCUT2D eigenvalue weighted by Crippen LogP contribution is 2.34. The molecule has 172 valence electrons. The zero-order chi connectivity index (χ0) is 23.3. The second-order valence-corrected chi connectivity index (χ2v) is 7.21. The van der Waals surface area contributed by atoms with Gasteiger partial charge >= 0.3 is 17.8 Å². The Hall–Kier alpha value is -3.44. The SMILES string of the molecule is CCOC(=O)C1CCN(c2ncnc(NCc3ccc(C(F)(F)F)cc3)c2[N+](=O)[O-])CC1. The summed E-state index contributed by atoms with van der Waals surface area (Å²) in [6.07, 6.45) is -2.29. The van der Waals surface area contributed by atoms with Crippen molar-refractivity contribution in [2.24, 2.45) is 5.92 Å². The zero-order valence-corrected chi connectivity index (χ0v) is 17.3. The van der Waals surface area contributed by atoms with Gasteiger partial charge in [-0.3, -0.25) is 14.9 Å². The van der Waals surface area contributed by atoms with Gasteiger partial charge in [0.25, 0.3) is 0 Å². The van der Waals surface area contributed by atoms with Crippen LogP contribution in [0.25, 0.3) is 0 Å². The largest absolute Gasteiger partial charge is 0.466 e. The molecule has 1 aromatic carbocycles. The van der Waals surface area contributed by atoms with E-state index in [1.165, 1.54) is 18.5 Å². The lowest BCUT2D eigenvalue weighted by Gasteiger charge is -2.31. The fourth-order valence-corrected chi connectivity index (χ4v) is 3.48. The molecule has 32 heavy (non-hydrogen) atoms. The number of alkyl halides is 3. The lowest BCUT2D eigenvalue weighted by Crippen LogP contribution is -2.37. The third-order valence-electron chi connectivity index (χ3n) is 5.14. The number of rotatable bonds is 7. The van der Waals surface area contributed by atoms with Gasteiger partial charge < -0.3 is 15.0 Å². The summed E-state index contributed by atoms with van der Waals surface area (Å²) in [7, 11) is 0. The molecule has 3 rings (SSSR count). The normalized spacial score (nSPS) is 14.8. The molecule has 1 aliphatic rings. The Morgan fingerprint density at radius 1 is 1.25 bits per heavy atom. The van der Waals surface area contributed by atoms with Crippen LogP contribution in [-0.4, -0.2) is 40.6 Å². The lowest BCUT2D eigenvalue weighted by atomic mass is 9.97. The van der Waals surface area contributed by atoms with Crippen molar-refractivity contribution >= 4 is 23.3 Å². The van der Waals surface area contributed by atoms with E-state index >= 15 is 0 Å². The maximum Gasteiger partial charge on any atom is 0.416 e. The fourth-order valence-electron chi connectivity index (χ4n) is 3.48. The van der Waals surface area contributed by atoms with Crippen LogP contribution in [0.15, 0.2) is 30.6 Å². The predicted octanol–water partition coefficient (Wildman–Crippen LogP) is 3.80. The van der Waals surface area contributed by atoms with Crippen LogP contribution >= 0.6 is 0 Å². The summed E-state index contributed by atoms with van der Waals surface area (Å²) in [6.45, 7) is 2.85. The van der Waals surface area contributed by atoms with Crippen molar-refractivity contribution in [2.75, 3.05) is 29.9 Å². The number of ether oxygens (including phenoxy) is 1. The standard InChI is InChI=1S/C20H22F3N5O4/c1-2-32-19(29)14-7-9-27(10-8-14)18-16(28(30)31)17(25-12-26-18)24-11-13-3-5-15(6-4-13)20(21,22)23/h3-6,12,14H,2,7-11H2,1H3,(H,24,25,26). The predicted molar refractivity (Wildman–Crippen MR) is 109 cm³/mol. The van der Waals surface area contributed by atoms with Crippen LogP contribution in [0.1, 0.15) is 30.9 Å². The van der Waals surface area contributed by atoms with Crippen molar-refractivity contribution in [3.63, 3.8) is 0 Å². The first-order valence-electron chi connectivity index (χ1n) is 10.0. The number of anilines is 2. The number of aromatic nitrogens is 2. The number of nitrogens with zero attached hydrogens (tertiary/aromatic N) is 4. The van der Waals surface area contributed by atoms with E-state index in [9.17, 15) is 28.1 Å². The molecule has 1 fully saturated rings. The topological polar surface area (TPSA) is 110 Å². The highest BCUT2D eigenvalue weighted by molar-refractivity contribution is 5.74. The Morgan fingerprint density at radius 3 is 2.47 bits per heavy atom. The summed E-state index contributed by atoms with van der Waals surface area (Å²) in [5.74, 6) is -0.442. The Morgan fingerprint density at radius 2 is 1.91 bits per heavy atom. The van der Waals surface area contributed by atoms with Crippen LogP contribution in [0, 0.1) is 16.0 Å². The van der Waals surface area contributed by atoms with Gasteiger partial charge in [0, 0.05) is 19.6 Å². The number of nitrogens with one attached hydrogen (secondary N) is 1. The smallest absolute Gasteiger partial charge is 0.416 e. The monoisotopic (exact) mass is 453 g/mol. The van der Waals surface area contributed by atoms with Crippen LogP contribution < -0.4 is 10.2 Å². The first-order valence-corrected chi connectivity index (χ1v) is 10.0. The minimum atomic E-state index is -4.44. The molecule has 0 unspecified atom stereocenters. The Labute approximate surface area is 181 Å². The van der Waals surface area contributed by atoms with Gasteiger partial charge in [0.2, 0.25) is 11.6 Å². The van der Waals surface area contributed by atoms with E-state index in [4.69, 9.17) is 4.74 Å². The van der Waals surface area contributed by atoms with Crippen LogP contribution in [0.3, 0.4) is 0 Å². The molecule has 0 bridgehead atoms. The van der Waals surface area contributed by atoms with Gasteiger partial charge in [0.05, 0.1) is 23.0 Å². The average Bonchev–Trinajstić information content (AvgIpc) is 2.77. The van der Waals surface area contributed by atoms with Crippen molar-refractivity contribution in [3.8, 4) is 0 Å². The Balaban J connectivity index is 1.73. The zero-order valence-electron chi connectivity index (χ0n) is 17.3. The highest BCUT2D eigenvalue weighted by Gasteiger charge is 2.32. The van der Waals surface area contributed by atoms with Crippen LogP contribution in [0.5, 0.6) is 0 Å². The molecule has 1 N–H and O–H groups in total. The Kier molecular flexibility index (Phi) is 7.11. The minimum absolute atomic E-state index is 0.0348. The first kappa shape index (κ1) is 23.2. The van der Waals surface area contributed by atoms with Crippen molar-refractivity contribution in [3.05, 3.63) is 51.8 Å². The molecule has 0 aliphatic carbocycles.